The lowest BCUT2D eigenvalue weighted by Gasteiger charge is -1.97. The van der Waals surface area contributed by atoms with Gasteiger partial charge in [0.15, 0.2) is 5.12 Å². The van der Waals surface area contributed by atoms with Gasteiger partial charge in [-0.15, -0.1) is 31.0 Å². The summed E-state index contributed by atoms with van der Waals surface area (Å²) >= 11 is 5.14. The molecule has 0 N–H and O–H groups in total. The molecule has 10 heavy (non-hydrogen) atoms. The summed E-state index contributed by atoms with van der Waals surface area (Å²) < 4.78 is 0. The molecule has 0 aliphatic heterocycles. The van der Waals surface area contributed by atoms with Gasteiger partial charge in [0.05, 0.1) is 0 Å². The Balaban J connectivity index is 3.43. The quantitative estimate of drug-likeness (QED) is 0.508. The predicted molar refractivity (Wildman–Crippen MR) is 50.4 cm³/mol. The summed E-state index contributed by atoms with van der Waals surface area (Å²) in [6.07, 6.45) is 2.13. The summed E-state index contributed by atoms with van der Waals surface area (Å²) in [5.74, 6) is 0.805. The molecule has 3 heteroatoms. The largest absolute Gasteiger partial charge is 0.287 e. The van der Waals surface area contributed by atoms with Crippen LogP contribution in [0.15, 0.2) is 24.1 Å². The zero-order valence-electron chi connectivity index (χ0n) is 5.67. The van der Waals surface area contributed by atoms with Gasteiger partial charge in [-0.25, -0.2) is 0 Å². The van der Waals surface area contributed by atoms with Crippen LogP contribution in [0.2, 0.25) is 0 Å². The molecule has 0 bridgehead atoms. The van der Waals surface area contributed by atoms with Gasteiger partial charge in [0, 0.05) is 12.2 Å². The average Bonchev–Trinajstić information content (AvgIpc) is 1.82. The van der Waals surface area contributed by atoms with Gasteiger partial charge < -0.3 is 0 Å². The highest BCUT2D eigenvalue weighted by Gasteiger charge is 1.97. The summed E-state index contributed by atoms with van der Waals surface area (Å²) in [4.78, 5) is 11.2. The Labute approximate surface area is 71.0 Å². The average molecular weight is 174 g/mol. The van der Waals surface area contributed by atoms with Gasteiger partial charge in [0.2, 0.25) is 0 Å². The normalized spacial score (nSPS) is 8.90. The van der Waals surface area contributed by atoms with Gasteiger partial charge >= 0.3 is 0 Å². The standard InChI is InChI=1S/C7H10OS2/c1-3-4-10-6(2)5-7(8)9/h3H,1-2,4-5H2,(H,8,9). The first-order valence-electron chi connectivity index (χ1n) is 2.80. The number of allylic oxidation sites excluding steroid dienone is 1. The molecule has 0 radical (unpaired) electrons. The van der Waals surface area contributed by atoms with Crippen molar-refractivity contribution < 1.29 is 4.79 Å². The molecule has 0 amide bonds. The van der Waals surface area contributed by atoms with Gasteiger partial charge in [-0.1, -0.05) is 12.7 Å². The Kier molecular flexibility index (Phi) is 5.54. The van der Waals surface area contributed by atoms with E-state index in [1.807, 2.05) is 0 Å². The second-order valence-corrected chi connectivity index (χ2v) is 3.41. The second kappa shape index (κ2) is 5.62. The molecule has 0 fully saturated rings. The third-order valence-electron chi connectivity index (χ3n) is 0.754. The summed E-state index contributed by atoms with van der Waals surface area (Å²) in [6, 6.07) is 0. The first-order valence-corrected chi connectivity index (χ1v) is 4.23. The van der Waals surface area contributed by atoms with E-state index >= 15 is 0 Å². The molecule has 0 atom stereocenters. The third kappa shape index (κ3) is 5.98. The van der Waals surface area contributed by atoms with E-state index in [4.69, 9.17) is 0 Å². The van der Waals surface area contributed by atoms with Crippen molar-refractivity contribution in [2.45, 2.75) is 6.42 Å². The summed E-state index contributed by atoms with van der Waals surface area (Å²) in [6.45, 7) is 7.22. The molecule has 0 heterocycles. The number of thioether (sulfide) groups is 1. The van der Waals surface area contributed by atoms with E-state index in [-0.39, 0.29) is 5.12 Å². The van der Waals surface area contributed by atoms with Crippen molar-refractivity contribution in [3.63, 3.8) is 0 Å². The van der Waals surface area contributed by atoms with Gasteiger partial charge in [0.25, 0.3) is 0 Å². The fourth-order valence-electron chi connectivity index (χ4n) is 0.396. The van der Waals surface area contributed by atoms with E-state index in [2.05, 4.69) is 25.8 Å². The van der Waals surface area contributed by atoms with Crippen LogP contribution in [0.5, 0.6) is 0 Å². The Morgan fingerprint density at radius 3 is 2.70 bits per heavy atom. The Morgan fingerprint density at radius 2 is 2.30 bits per heavy atom. The molecule has 0 saturated carbocycles. The van der Waals surface area contributed by atoms with Crippen LogP contribution in [-0.2, 0) is 4.79 Å². The maximum atomic E-state index is 10.4. The van der Waals surface area contributed by atoms with Crippen LogP contribution in [0, 0.1) is 0 Å². The summed E-state index contributed by atoms with van der Waals surface area (Å²) in [5.41, 5.74) is 0. The number of hydrogen-bond acceptors (Lipinski definition) is 2. The topological polar surface area (TPSA) is 17.1 Å². The van der Waals surface area contributed by atoms with Crippen molar-refractivity contribution in [2.24, 2.45) is 0 Å². The van der Waals surface area contributed by atoms with Crippen molar-refractivity contribution in [3.8, 4) is 0 Å². The monoisotopic (exact) mass is 174 g/mol. The van der Waals surface area contributed by atoms with E-state index in [9.17, 15) is 4.79 Å². The highest BCUT2D eigenvalue weighted by atomic mass is 32.2. The molecule has 1 nitrogen and oxygen atoms in total. The van der Waals surface area contributed by atoms with Crippen LogP contribution in [-0.4, -0.2) is 10.9 Å². The first kappa shape index (κ1) is 9.85. The highest BCUT2D eigenvalue weighted by Crippen LogP contribution is 2.17. The van der Waals surface area contributed by atoms with E-state index in [1.165, 1.54) is 11.8 Å². The molecule has 56 valence electrons. The van der Waals surface area contributed by atoms with Crippen LogP contribution < -0.4 is 0 Å². The number of carbonyl (C=O) groups excluding carboxylic acids is 1. The second-order valence-electron chi connectivity index (χ2n) is 1.71. The smallest absolute Gasteiger partial charge is 0.190 e. The van der Waals surface area contributed by atoms with Crippen molar-refractivity contribution >= 4 is 29.5 Å². The van der Waals surface area contributed by atoms with Crippen molar-refractivity contribution in [1.29, 1.82) is 0 Å². The minimum atomic E-state index is -0.137. The molecule has 0 aliphatic carbocycles. The fraction of sp³-hybridized carbons (Fsp3) is 0.286. The van der Waals surface area contributed by atoms with E-state index < -0.39 is 0 Å². The van der Waals surface area contributed by atoms with Gasteiger partial charge in [0.1, 0.15) is 0 Å². The van der Waals surface area contributed by atoms with E-state index in [0.29, 0.717) is 6.42 Å². The highest BCUT2D eigenvalue weighted by molar-refractivity contribution is 8.03. The minimum Gasteiger partial charge on any atom is -0.287 e. The minimum absolute atomic E-state index is 0.137. The molecule has 0 spiro atoms. The van der Waals surface area contributed by atoms with Crippen molar-refractivity contribution in [1.82, 2.24) is 0 Å². The van der Waals surface area contributed by atoms with Gasteiger partial charge in [-0.2, -0.15) is 0 Å². The lowest BCUT2D eigenvalue weighted by Crippen LogP contribution is -1.86. The number of carbonyl (C=O) groups is 1. The SMILES string of the molecule is C=CCSC(=C)CC(=O)S. The molecular weight excluding hydrogens is 164 g/mol. The zero-order valence-corrected chi connectivity index (χ0v) is 7.38. The molecule has 0 aromatic carbocycles. The lowest BCUT2D eigenvalue weighted by molar-refractivity contribution is -0.110. The molecular formula is C7H10OS2. The third-order valence-corrected chi connectivity index (χ3v) is 1.87. The van der Waals surface area contributed by atoms with Crippen LogP contribution in [0.25, 0.3) is 0 Å². The zero-order chi connectivity index (χ0) is 7.98. The molecule has 0 rings (SSSR count). The number of rotatable bonds is 5. The van der Waals surface area contributed by atoms with Crippen molar-refractivity contribution in [2.75, 3.05) is 5.75 Å². The molecule has 0 saturated heterocycles. The Hall–Kier alpha value is -0.150. The molecule has 0 aromatic rings. The number of thiol groups is 1. The summed E-state index contributed by atoms with van der Waals surface area (Å²) in [7, 11) is 0. The molecule has 0 aromatic heterocycles. The van der Waals surface area contributed by atoms with E-state index in [1.54, 1.807) is 6.08 Å². The van der Waals surface area contributed by atoms with Crippen molar-refractivity contribution in [3.05, 3.63) is 24.1 Å². The first-order chi connectivity index (χ1) is 4.66. The number of hydrogen-bond donors (Lipinski definition) is 1. The molecule has 0 unspecified atom stereocenters. The van der Waals surface area contributed by atoms with Crippen LogP contribution in [0.1, 0.15) is 6.42 Å². The maximum absolute atomic E-state index is 10.4. The van der Waals surface area contributed by atoms with Crippen LogP contribution >= 0.6 is 24.4 Å². The predicted octanol–water partition coefficient (Wildman–Crippen LogP) is 2.27. The summed E-state index contributed by atoms with van der Waals surface area (Å²) in [5, 5.41) is -0.137. The lowest BCUT2D eigenvalue weighted by atomic mass is 10.5. The van der Waals surface area contributed by atoms with Gasteiger partial charge in [-0.05, 0) is 4.91 Å². The fourth-order valence-corrected chi connectivity index (χ4v) is 1.28. The van der Waals surface area contributed by atoms with E-state index in [0.717, 1.165) is 10.7 Å². The van der Waals surface area contributed by atoms with Gasteiger partial charge in [-0.3, -0.25) is 4.79 Å². The van der Waals surface area contributed by atoms with Crippen LogP contribution in [0.3, 0.4) is 0 Å². The van der Waals surface area contributed by atoms with Crippen LogP contribution in [0.4, 0.5) is 0 Å². The molecule has 0 aliphatic rings. The Bertz CT molecular complexity index is 152. The maximum Gasteiger partial charge on any atom is 0.190 e. The Morgan fingerprint density at radius 1 is 1.70 bits per heavy atom.